The Bertz CT molecular complexity index is 914. The number of halogens is 2. The number of benzene rings is 2. The van der Waals surface area contributed by atoms with Crippen LogP contribution in [0.25, 0.3) is 10.4 Å². The van der Waals surface area contributed by atoms with Crippen molar-refractivity contribution in [1.82, 2.24) is 0 Å². The molecule has 6 heteroatoms. The van der Waals surface area contributed by atoms with Gasteiger partial charge in [-0.25, -0.2) is 0 Å². The molecule has 2 aromatic carbocycles. The maximum Gasteiger partial charge on any atom is 0.132 e. The molecule has 0 aliphatic carbocycles. The van der Waals surface area contributed by atoms with Crippen LogP contribution in [0.1, 0.15) is 11.1 Å². The average molecular weight is 604 g/mol. The molecule has 2 aliphatic rings. The minimum atomic E-state index is -1.77. The van der Waals surface area contributed by atoms with E-state index in [1.807, 2.05) is 0 Å². The highest BCUT2D eigenvalue weighted by Gasteiger charge is 2.52. The van der Waals surface area contributed by atoms with E-state index in [4.69, 9.17) is 9.47 Å². The minimum absolute atomic E-state index is 1.01. The molecule has 0 N–H and O–H groups in total. The first-order chi connectivity index (χ1) is 12.1. The summed E-state index contributed by atoms with van der Waals surface area (Å²) in [5, 5.41) is 6.39. The third-order valence-electron chi connectivity index (χ3n) is 5.97. The molecule has 4 rings (SSSR count). The zero-order chi connectivity index (χ0) is 19.0. The van der Waals surface area contributed by atoms with Gasteiger partial charge < -0.3 is 9.47 Å². The second kappa shape index (κ2) is 6.08. The highest BCUT2D eigenvalue weighted by Crippen LogP contribution is 2.50. The van der Waals surface area contributed by atoms with Crippen LogP contribution in [-0.4, -0.2) is 30.4 Å². The van der Waals surface area contributed by atoms with Gasteiger partial charge in [0, 0.05) is 0 Å². The van der Waals surface area contributed by atoms with Crippen LogP contribution < -0.4 is 19.8 Å². The van der Waals surface area contributed by atoms with E-state index in [0.717, 1.165) is 11.5 Å². The molecule has 136 valence electrons. The normalized spacial score (nSPS) is 18.5. The van der Waals surface area contributed by atoms with Gasteiger partial charge in [-0.2, -0.15) is 0 Å². The first-order valence-electron chi connectivity index (χ1n) is 8.66. The van der Waals surface area contributed by atoms with E-state index in [-0.39, 0.29) is 0 Å². The number of ether oxygens (including phenoxy) is 2. The Hall–Kier alpha value is -0.326. The second-order valence-electron chi connectivity index (χ2n) is 8.06. The van der Waals surface area contributed by atoms with E-state index < -0.39 is 16.1 Å². The summed E-state index contributed by atoms with van der Waals surface area (Å²) in [5.41, 5.74) is 2.98. The van der Waals surface area contributed by atoms with Crippen molar-refractivity contribution in [2.45, 2.75) is 26.2 Å². The van der Waals surface area contributed by atoms with E-state index >= 15 is 0 Å². The molecule has 0 amide bonds. The van der Waals surface area contributed by atoms with Crippen molar-refractivity contribution in [2.75, 3.05) is 14.2 Å². The average Bonchev–Trinajstić information content (AvgIpc) is 2.94. The first-order valence-corrected chi connectivity index (χ1v) is 16.8. The molecule has 0 saturated carbocycles. The Morgan fingerprint density at radius 1 is 0.654 bits per heavy atom. The van der Waals surface area contributed by atoms with Crippen LogP contribution in [0, 0.1) is 7.14 Å². The van der Waals surface area contributed by atoms with E-state index in [2.05, 4.69) is 95.6 Å². The lowest BCUT2D eigenvalue weighted by atomic mass is 10.1. The number of methoxy groups -OCH3 is 2. The van der Waals surface area contributed by atoms with Crippen molar-refractivity contribution in [2.24, 2.45) is 0 Å². The zero-order valence-electron chi connectivity index (χ0n) is 15.9. The van der Waals surface area contributed by atoms with Crippen molar-refractivity contribution >= 4 is 82.1 Å². The van der Waals surface area contributed by atoms with Gasteiger partial charge in [0.2, 0.25) is 0 Å². The van der Waals surface area contributed by atoms with Gasteiger partial charge in [-0.05, 0) is 101 Å². The van der Waals surface area contributed by atoms with Crippen molar-refractivity contribution in [3.63, 3.8) is 0 Å². The fraction of sp³-hybridized carbons (Fsp3) is 0.300. The molecule has 0 atom stereocenters. The van der Waals surface area contributed by atoms with Gasteiger partial charge in [0.15, 0.2) is 0 Å². The third kappa shape index (κ3) is 2.37. The summed E-state index contributed by atoms with van der Waals surface area (Å²) in [7, 11) is 0.0197. The molecule has 0 bridgehead atoms. The molecule has 0 unspecified atom stereocenters. The number of rotatable bonds is 2. The van der Waals surface area contributed by atoms with Crippen LogP contribution in [0.4, 0.5) is 0 Å². The van der Waals surface area contributed by atoms with E-state index in [0.29, 0.717) is 0 Å². The Kier molecular flexibility index (Phi) is 4.45. The molecule has 26 heavy (non-hydrogen) atoms. The lowest BCUT2D eigenvalue weighted by molar-refractivity contribution is 0.412. The van der Waals surface area contributed by atoms with Crippen LogP contribution in [0.3, 0.4) is 0 Å². The maximum absolute atomic E-state index is 5.65. The van der Waals surface area contributed by atoms with Crippen molar-refractivity contribution in [3.05, 3.63) is 42.5 Å². The summed E-state index contributed by atoms with van der Waals surface area (Å²) in [6.45, 7) is 9.99. The first kappa shape index (κ1) is 19.0. The summed E-state index contributed by atoms with van der Waals surface area (Å²) < 4.78 is 13.7. The molecule has 2 aromatic rings. The molecule has 0 saturated heterocycles. The molecule has 2 heterocycles. The Labute approximate surface area is 184 Å². The van der Waals surface area contributed by atoms with Crippen LogP contribution >= 0.6 is 45.2 Å². The summed E-state index contributed by atoms with van der Waals surface area (Å²) in [6.07, 6.45) is 0. The Morgan fingerprint density at radius 3 is 1.31 bits per heavy atom. The largest absolute Gasteiger partial charge is 0.496 e. The fourth-order valence-electron chi connectivity index (χ4n) is 4.70. The quantitative estimate of drug-likeness (QED) is 0.364. The van der Waals surface area contributed by atoms with Gasteiger partial charge in [-0.15, -0.1) is 0 Å². The number of fused-ring (bicyclic) bond motifs is 4. The van der Waals surface area contributed by atoms with E-state index in [1.54, 1.807) is 24.6 Å². The van der Waals surface area contributed by atoms with Gasteiger partial charge in [0.1, 0.15) is 27.6 Å². The third-order valence-corrected chi connectivity index (χ3v) is 15.0. The monoisotopic (exact) mass is 604 g/mol. The summed E-state index contributed by atoms with van der Waals surface area (Å²) in [4.78, 5) is 0. The number of hydrogen-bond acceptors (Lipinski definition) is 2. The highest BCUT2D eigenvalue weighted by molar-refractivity contribution is 14.1. The zero-order valence-corrected chi connectivity index (χ0v) is 22.2. The SMILES string of the molecule is COc1cc2c(cc1I)C1=C(c3cc(I)c(OC)cc3[Si]1(C)C)[Si]2(C)C. The molecular formula is C20H22I2O2Si2. The lowest BCUT2D eigenvalue weighted by Crippen LogP contribution is -2.45. The molecule has 0 aromatic heterocycles. The van der Waals surface area contributed by atoms with Crippen LogP contribution in [-0.2, 0) is 0 Å². The van der Waals surface area contributed by atoms with Gasteiger partial charge in [0.25, 0.3) is 0 Å². The summed E-state index contributed by atoms with van der Waals surface area (Å²) in [5.74, 6) is 2.02. The molecule has 2 nitrogen and oxygen atoms in total. The lowest BCUT2D eigenvalue weighted by Gasteiger charge is -2.27. The highest BCUT2D eigenvalue weighted by atomic mass is 127. The van der Waals surface area contributed by atoms with Crippen molar-refractivity contribution < 1.29 is 9.47 Å². The molecule has 2 aliphatic heterocycles. The topological polar surface area (TPSA) is 18.5 Å². The van der Waals surface area contributed by atoms with Crippen LogP contribution in [0.2, 0.25) is 26.2 Å². The van der Waals surface area contributed by atoms with E-state index in [9.17, 15) is 0 Å². The van der Waals surface area contributed by atoms with Crippen molar-refractivity contribution in [1.29, 1.82) is 0 Å². The van der Waals surface area contributed by atoms with Gasteiger partial charge in [-0.3, -0.25) is 0 Å². The smallest absolute Gasteiger partial charge is 0.132 e. The van der Waals surface area contributed by atoms with Crippen LogP contribution in [0.5, 0.6) is 11.5 Å². The molecular weight excluding hydrogens is 582 g/mol. The van der Waals surface area contributed by atoms with E-state index in [1.165, 1.54) is 28.6 Å². The standard InChI is InChI=1S/C20H22I2O2Si2/c1-23-15-9-17-11(7-13(15)21)19-20(25(17,3)4)12-8-14(22)16(24-2)10-18(12)26(19,5)6/h7-10H,1-6H3. The Balaban J connectivity index is 2.05. The van der Waals surface area contributed by atoms with Crippen LogP contribution in [0.15, 0.2) is 24.3 Å². The Morgan fingerprint density at radius 2 is 1.00 bits per heavy atom. The predicted octanol–water partition coefficient (Wildman–Crippen LogP) is 4.76. The molecule has 0 radical (unpaired) electrons. The van der Waals surface area contributed by atoms with Gasteiger partial charge >= 0.3 is 0 Å². The fourth-order valence-corrected chi connectivity index (χ4v) is 14.7. The minimum Gasteiger partial charge on any atom is -0.496 e. The summed E-state index contributed by atoms with van der Waals surface area (Å²) in [6, 6.07) is 9.38. The van der Waals surface area contributed by atoms with Gasteiger partial charge in [0.05, 0.1) is 21.4 Å². The maximum atomic E-state index is 5.65. The predicted molar refractivity (Wildman–Crippen MR) is 132 cm³/mol. The molecule has 0 spiro atoms. The molecule has 0 fully saturated rings. The van der Waals surface area contributed by atoms with Crippen molar-refractivity contribution in [3.8, 4) is 11.5 Å². The summed E-state index contributed by atoms with van der Waals surface area (Å²) >= 11 is 4.82. The number of hydrogen-bond donors (Lipinski definition) is 0. The van der Waals surface area contributed by atoms with Gasteiger partial charge in [-0.1, -0.05) is 26.2 Å². The second-order valence-corrected chi connectivity index (χ2v) is 19.0.